The average Bonchev–Trinajstić information content (AvgIpc) is 2.60. The van der Waals surface area contributed by atoms with Crippen molar-refractivity contribution in [3.8, 4) is 0 Å². The normalized spacial score (nSPS) is 11.6. The number of hydrogen-bond donors (Lipinski definition) is 0. The molecule has 16 heavy (non-hydrogen) atoms. The second kappa shape index (κ2) is 4.18. The molecule has 0 aromatic carbocycles. The monoisotopic (exact) mass is 258 g/mol. The van der Waals surface area contributed by atoms with Gasteiger partial charge in [-0.3, -0.25) is 0 Å². The third kappa shape index (κ3) is 1.76. The van der Waals surface area contributed by atoms with Gasteiger partial charge < -0.3 is 0 Å². The second-order valence-corrected chi connectivity index (χ2v) is 4.57. The van der Waals surface area contributed by atoms with Gasteiger partial charge in [-0.2, -0.15) is 14.5 Å². The van der Waals surface area contributed by atoms with E-state index in [1.165, 1.54) is 0 Å². The van der Waals surface area contributed by atoms with Gasteiger partial charge in [0.25, 0.3) is 5.78 Å². The molecule has 0 unspecified atom stereocenters. The SMILES string of the molecule is CCc1nc2nc(Cl)c(C(C)C)c(Cl)n2n1. The summed E-state index contributed by atoms with van der Waals surface area (Å²) in [4.78, 5) is 8.42. The fourth-order valence-electron chi connectivity index (χ4n) is 1.52. The molecule has 0 fully saturated rings. The van der Waals surface area contributed by atoms with E-state index in [4.69, 9.17) is 23.2 Å². The second-order valence-electron chi connectivity index (χ2n) is 3.86. The molecule has 2 aromatic rings. The standard InChI is InChI=1S/C10H12Cl2N4/c1-4-6-13-10-14-8(11)7(5(2)3)9(12)16(10)15-6/h5H,4H2,1-3H3. The van der Waals surface area contributed by atoms with Gasteiger partial charge in [-0.05, 0) is 5.92 Å². The number of fused-ring (bicyclic) bond motifs is 1. The lowest BCUT2D eigenvalue weighted by Gasteiger charge is -2.09. The fourth-order valence-corrected chi connectivity index (χ4v) is 2.38. The highest BCUT2D eigenvalue weighted by Crippen LogP contribution is 2.30. The molecule has 0 aliphatic heterocycles. The highest BCUT2D eigenvalue weighted by molar-refractivity contribution is 6.34. The van der Waals surface area contributed by atoms with E-state index in [0.717, 1.165) is 12.0 Å². The molecule has 0 aliphatic carbocycles. The van der Waals surface area contributed by atoms with E-state index in [-0.39, 0.29) is 5.92 Å². The van der Waals surface area contributed by atoms with Crippen LogP contribution in [0.25, 0.3) is 5.78 Å². The summed E-state index contributed by atoms with van der Waals surface area (Å²) in [5, 5.41) is 5.17. The molecule has 0 saturated heterocycles. The third-order valence-corrected chi connectivity index (χ3v) is 3.01. The van der Waals surface area contributed by atoms with Crippen molar-refractivity contribution in [3.63, 3.8) is 0 Å². The molecule has 0 N–H and O–H groups in total. The maximum Gasteiger partial charge on any atom is 0.255 e. The first-order valence-corrected chi connectivity index (χ1v) is 5.90. The van der Waals surface area contributed by atoms with Crippen LogP contribution in [0.5, 0.6) is 0 Å². The Labute approximate surface area is 104 Å². The molecule has 2 rings (SSSR count). The Bertz CT molecular complexity index is 533. The van der Waals surface area contributed by atoms with E-state index in [0.29, 0.717) is 21.9 Å². The Hall–Kier alpha value is -0.870. The first kappa shape index (κ1) is 11.6. The molecular formula is C10H12Cl2N4. The van der Waals surface area contributed by atoms with Gasteiger partial charge >= 0.3 is 0 Å². The largest absolute Gasteiger partial charge is 0.255 e. The summed E-state index contributed by atoms with van der Waals surface area (Å²) in [7, 11) is 0. The highest BCUT2D eigenvalue weighted by atomic mass is 35.5. The van der Waals surface area contributed by atoms with Gasteiger partial charge in [0, 0.05) is 12.0 Å². The van der Waals surface area contributed by atoms with E-state index in [1.54, 1.807) is 4.52 Å². The summed E-state index contributed by atoms with van der Waals surface area (Å²) in [5.74, 6) is 1.37. The minimum Gasteiger partial charge on any atom is -0.199 e. The minimum absolute atomic E-state index is 0.200. The fraction of sp³-hybridized carbons (Fsp3) is 0.500. The van der Waals surface area contributed by atoms with E-state index in [2.05, 4.69) is 15.1 Å². The number of nitrogens with zero attached hydrogens (tertiary/aromatic N) is 4. The summed E-state index contributed by atoms with van der Waals surface area (Å²) in [6, 6.07) is 0. The van der Waals surface area contributed by atoms with Gasteiger partial charge in [0.05, 0.1) is 0 Å². The van der Waals surface area contributed by atoms with Gasteiger partial charge in [0.2, 0.25) is 0 Å². The van der Waals surface area contributed by atoms with Gasteiger partial charge in [0.1, 0.15) is 10.3 Å². The lowest BCUT2D eigenvalue weighted by molar-refractivity contribution is 0.813. The zero-order chi connectivity index (χ0) is 11.9. The summed E-state index contributed by atoms with van der Waals surface area (Å²) < 4.78 is 1.54. The Morgan fingerprint density at radius 2 is 1.94 bits per heavy atom. The molecule has 0 atom stereocenters. The molecule has 0 spiro atoms. The van der Waals surface area contributed by atoms with Crippen molar-refractivity contribution >= 4 is 29.0 Å². The smallest absolute Gasteiger partial charge is 0.199 e. The van der Waals surface area contributed by atoms with Crippen LogP contribution in [0, 0.1) is 0 Å². The molecule has 2 heterocycles. The summed E-state index contributed by atoms with van der Waals surface area (Å²) in [6.07, 6.45) is 0.744. The lowest BCUT2D eigenvalue weighted by atomic mass is 10.1. The number of halogens is 2. The van der Waals surface area contributed by atoms with Crippen LogP contribution in [-0.4, -0.2) is 19.6 Å². The van der Waals surface area contributed by atoms with E-state index in [9.17, 15) is 0 Å². The zero-order valence-corrected chi connectivity index (χ0v) is 10.8. The average molecular weight is 259 g/mol. The quantitative estimate of drug-likeness (QED) is 0.778. The maximum absolute atomic E-state index is 6.25. The van der Waals surface area contributed by atoms with Gasteiger partial charge in [-0.25, -0.2) is 0 Å². The maximum atomic E-state index is 6.25. The van der Waals surface area contributed by atoms with Crippen LogP contribution in [0.4, 0.5) is 0 Å². The van der Waals surface area contributed by atoms with Gasteiger partial charge in [-0.15, -0.1) is 5.10 Å². The first-order chi connectivity index (χ1) is 7.54. The third-order valence-electron chi connectivity index (χ3n) is 2.36. The molecule has 86 valence electrons. The topological polar surface area (TPSA) is 43.1 Å². The van der Waals surface area contributed by atoms with Gasteiger partial charge in [0.15, 0.2) is 5.82 Å². The number of aromatic nitrogens is 4. The zero-order valence-electron chi connectivity index (χ0n) is 9.33. The van der Waals surface area contributed by atoms with Crippen LogP contribution in [0.15, 0.2) is 0 Å². The van der Waals surface area contributed by atoms with Crippen LogP contribution in [-0.2, 0) is 6.42 Å². The molecule has 6 heteroatoms. The molecule has 0 amide bonds. The molecule has 0 radical (unpaired) electrons. The lowest BCUT2D eigenvalue weighted by Crippen LogP contribution is -2.02. The molecule has 0 bridgehead atoms. The molecule has 0 aliphatic rings. The van der Waals surface area contributed by atoms with Crippen LogP contribution < -0.4 is 0 Å². The Morgan fingerprint density at radius 3 is 2.50 bits per heavy atom. The van der Waals surface area contributed by atoms with E-state index >= 15 is 0 Å². The number of rotatable bonds is 2. The molecule has 0 saturated carbocycles. The Balaban J connectivity index is 2.76. The van der Waals surface area contributed by atoms with Crippen molar-refractivity contribution in [2.45, 2.75) is 33.1 Å². The van der Waals surface area contributed by atoms with Crippen molar-refractivity contribution in [2.24, 2.45) is 0 Å². The summed E-state index contributed by atoms with van der Waals surface area (Å²) >= 11 is 12.3. The Morgan fingerprint density at radius 1 is 1.25 bits per heavy atom. The van der Waals surface area contributed by atoms with Crippen molar-refractivity contribution < 1.29 is 0 Å². The van der Waals surface area contributed by atoms with Crippen LogP contribution in [0.2, 0.25) is 10.3 Å². The van der Waals surface area contributed by atoms with Crippen molar-refractivity contribution in [2.75, 3.05) is 0 Å². The number of aryl methyl sites for hydroxylation is 1. The van der Waals surface area contributed by atoms with Crippen LogP contribution >= 0.6 is 23.2 Å². The number of hydrogen-bond acceptors (Lipinski definition) is 3. The van der Waals surface area contributed by atoms with Crippen LogP contribution in [0.1, 0.15) is 38.1 Å². The first-order valence-electron chi connectivity index (χ1n) is 5.15. The van der Waals surface area contributed by atoms with Crippen molar-refractivity contribution in [3.05, 3.63) is 21.7 Å². The molecule has 2 aromatic heterocycles. The van der Waals surface area contributed by atoms with Crippen LogP contribution in [0.3, 0.4) is 0 Å². The molecule has 4 nitrogen and oxygen atoms in total. The van der Waals surface area contributed by atoms with Crippen molar-refractivity contribution in [1.29, 1.82) is 0 Å². The van der Waals surface area contributed by atoms with Crippen molar-refractivity contribution in [1.82, 2.24) is 19.6 Å². The molecular weight excluding hydrogens is 247 g/mol. The Kier molecular flexibility index (Phi) is 3.04. The summed E-state index contributed by atoms with van der Waals surface area (Å²) in [6.45, 7) is 6.00. The summed E-state index contributed by atoms with van der Waals surface area (Å²) in [5.41, 5.74) is 0.809. The van der Waals surface area contributed by atoms with Gasteiger partial charge in [-0.1, -0.05) is 44.0 Å². The minimum atomic E-state index is 0.200. The van der Waals surface area contributed by atoms with E-state index < -0.39 is 0 Å². The predicted molar refractivity (Wildman–Crippen MR) is 64.3 cm³/mol. The predicted octanol–water partition coefficient (Wildman–Crippen LogP) is 3.12. The van der Waals surface area contributed by atoms with E-state index in [1.807, 2.05) is 20.8 Å². The highest BCUT2D eigenvalue weighted by Gasteiger charge is 2.17.